The van der Waals surface area contributed by atoms with E-state index in [4.69, 9.17) is 0 Å². The van der Waals surface area contributed by atoms with E-state index in [1.165, 1.54) is 4.31 Å². The van der Waals surface area contributed by atoms with Crippen LogP contribution in [0.5, 0.6) is 0 Å². The van der Waals surface area contributed by atoms with E-state index in [1.807, 2.05) is 6.92 Å². The molecule has 20 heavy (non-hydrogen) atoms. The summed E-state index contributed by atoms with van der Waals surface area (Å²) >= 11 is 0. The number of nitrogens with zero attached hydrogens (tertiary/aromatic N) is 1. The number of sulfonamides is 1. The monoisotopic (exact) mass is 289 g/mol. The molecule has 0 aliphatic rings. The van der Waals surface area contributed by atoms with Crippen LogP contribution in [0.15, 0.2) is 54.0 Å². The van der Waals surface area contributed by atoms with E-state index in [1.54, 1.807) is 49.4 Å². The van der Waals surface area contributed by atoms with Gasteiger partial charge in [0.15, 0.2) is 0 Å². The van der Waals surface area contributed by atoms with Crippen molar-refractivity contribution in [2.75, 3.05) is 13.1 Å². The fraction of sp³-hybridized carbons (Fsp3) is 0.250. The van der Waals surface area contributed by atoms with Crippen molar-refractivity contribution >= 4 is 10.0 Å². The molecule has 1 aromatic rings. The molecule has 1 aromatic carbocycles. The summed E-state index contributed by atoms with van der Waals surface area (Å²) in [6.07, 6.45) is 5.08. The first-order valence-electron chi connectivity index (χ1n) is 6.26. The molecule has 0 heterocycles. The Morgan fingerprint density at radius 3 is 2.50 bits per heavy atom. The lowest BCUT2D eigenvalue weighted by Gasteiger charge is -2.18. The topological polar surface area (TPSA) is 37.4 Å². The highest BCUT2D eigenvalue weighted by atomic mass is 32.2. The molecular formula is C16H19NO2S. The third-order valence-electron chi connectivity index (χ3n) is 2.67. The van der Waals surface area contributed by atoms with Crippen LogP contribution in [0.2, 0.25) is 0 Å². The quantitative estimate of drug-likeness (QED) is 0.596. The Kier molecular flexibility index (Phi) is 6.23. The molecule has 0 unspecified atom stereocenters. The maximum atomic E-state index is 12.5. The van der Waals surface area contributed by atoms with Gasteiger partial charge in [0.1, 0.15) is 0 Å². The molecule has 0 aliphatic carbocycles. The Bertz CT molecular complexity index is 631. The molecule has 1 rings (SSSR count). The highest BCUT2D eigenvalue weighted by Crippen LogP contribution is 2.16. The lowest BCUT2D eigenvalue weighted by molar-refractivity contribution is 0.478. The summed E-state index contributed by atoms with van der Waals surface area (Å²) in [5.41, 5.74) is 1.02. The van der Waals surface area contributed by atoms with E-state index in [-0.39, 0.29) is 18.0 Å². The van der Waals surface area contributed by atoms with Crippen LogP contribution in [-0.4, -0.2) is 25.8 Å². The Labute approximate surface area is 121 Å². The third-order valence-corrected chi connectivity index (χ3v) is 4.50. The largest absolute Gasteiger partial charge is 0.244 e. The average Bonchev–Trinajstić information content (AvgIpc) is 2.43. The van der Waals surface area contributed by atoms with E-state index in [2.05, 4.69) is 18.4 Å². The van der Waals surface area contributed by atoms with Crippen LogP contribution in [0.3, 0.4) is 0 Å². The van der Waals surface area contributed by atoms with Crippen molar-refractivity contribution < 1.29 is 8.42 Å². The Morgan fingerprint density at radius 2 is 1.95 bits per heavy atom. The second-order valence-electron chi connectivity index (χ2n) is 4.20. The summed E-state index contributed by atoms with van der Waals surface area (Å²) in [6, 6.07) is 6.81. The van der Waals surface area contributed by atoms with Gasteiger partial charge in [-0.25, -0.2) is 8.42 Å². The van der Waals surface area contributed by atoms with Gasteiger partial charge in [-0.05, 0) is 26.0 Å². The molecule has 3 nitrogen and oxygen atoms in total. The van der Waals surface area contributed by atoms with E-state index < -0.39 is 10.0 Å². The molecule has 4 heteroatoms. The van der Waals surface area contributed by atoms with E-state index >= 15 is 0 Å². The molecule has 0 aromatic heterocycles. The van der Waals surface area contributed by atoms with Gasteiger partial charge in [0, 0.05) is 6.54 Å². The average molecular weight is 289 g/mol. The SMILES string of the molecule is C=C/C=C/CN(CC#CC)S(=O)(=O)c1ccc(C)cc1. The second-order valence-corrected chi connectivity index (χ2v) is 6.14. The van der Waals surface area contributed by atoms with Crippen molar-refractivity contribution in [3.05, 3.63) is 54.6 Å². The van der Waals surface area contributed by atoms with Crippen molar-refractivity contribution in [2.45, 2.75) is 18.7 Å². The Balaban J connectivity index is 3.07. The van der Waals surface area contributed by atoms with Crippen molar-refractivity contribution in [1.29, 1.82) is 0 Å². The zero-order valence-corrected chi connectivity index (χ0v) is 12.7. The summed E-state index contributed by atoms with van der Waals surface area (Å²) in [7, 11) is -3.53. The fourth-order valence-corrected chi connectivity index (χ4v) is 2.84. The van der Waals surface area contributed by atoms with Crippen LogP contribution in [-0.2, 0) is 10.0 Å². The van der Waals surface area contributed by atoms with Crippen molar-refractivity contribution in [3.8, 4) is 11.8 Å². The Morgan fingerprint density at radius 1 is 1.30 bits per heavy atom. The molecule has 0 N–H and O–H groups in total. The standard InChI is InChI=1S/C16H19NO2S/c1-4-6-8-14-17(13-7-5-2)20(18,19)16-11-9-15(3)10-12-16/h4,6,8-12H,1,13-14H2,2-3H3/b8-6+. The molecule has 0 amide bonds. The molecule has 0 saturated carbocycles. The summed E-state index contributed by atoms with van der Waals surface area (Å²) in [5.74, 6) is 5.52. The van der Waals surface area contributed by atoms with Crippen molar-refractivity contribution in [3.63, 3.8) is 0 Å². The van der Waals surface area contributed by atoms with Gasteiger partial charge in [0.05, 0.1) is 11.4 Å². The minimum atomic E-state index is -3.53. The van der Waals surface area contributed by atoms with Crippen LogP contribution in [0.1, 0.15) is 12.5 Å². The molecule has 0 radical (unpaired) electrons. The first-order valence-corrected chi connectivity index (χ1v) is 7.70. The molecular weight excluding hydrogens is 270 g/mol. The number of hydrogen-bond acceptors (Lipinski definition) is 2. The van der Waals surface area contributed by atoms with Crippen LogP contribution in [0, 0.1) is 18.8 Å². The summed E-state index contributed by atoms with van der Waals surface area (Å²) in [6.45, 7) is 7.63. The fourth-order valence-electron chi connectivity index (χ4n) is 1.55. The van der Waals surface area contributed by atoms with Gasteiger partial charge >= 0.3 is 0 Å². The van der Waals surface area contributed by atoms with Gasteiger partial charge in [-0.3, -0.25) is 0 Å². The van der Waals surface area contributed by atoms with Gasteiger partial charge in [-0.2, -0.15) is 4.31 Å². The number of benzene rings is 1. The van der Waals surface area contributed by atoms with Crippen LogP contribution < -0.4 is 0 Å². The maximum Gasteiger partial charge on any atom is 0.244 e. The minimum Gasteiger partial charge on any atom is -0.207 e. The third kappa shape index (κ3) is 4.37. The first-order chi connectivity index (χ1) is 9.52. The first kappa shape index (κ1) is 16.2. The summed E-state index contributed by atoms with van der Waals surface area (Å²) < 4.78 is 26.4. The molecule has 0 bridgehead atoms. The lowest BCUT2D eigenvalue weighted by atomic mass is 10.2. The number of hydrogen-bond donors (Lipinski definition) is 0. The molecule has 0 spiro atoms. The highest BCUT2D eigenvalue weighted by Gasteiger charge is 2.22. The predicted molar refractivity (Wildman–Crippen MR) is 82.7 cm³/mol. The van der Waals surface area contributed by atoms with Gasteiger partial charge in [0.2, 0.25) is 10.0 Å². The van der Waals surface area contributed by atoms with Crippen LogP contribution >= 0.6 is 0 Å². The van der Waals surface area contributed by atoms with Gasteiger partial charge in [-0.15, -0.1) is 5.92 Å². The molecule has 0 atom stereocenters. The molecule has 106 valence electrons. The second kappa shape index (κ2) is 7.68. The number of rotatable bonds is 6. The Hall–Kier alpha value is -1.83. The maximum absolute atomic E-state index is 12.5. The zero-order chi connectivity index (χ0) is 15.0. The molecule has 0 saturated heterocycles. The lowest BCUT2D eigenvalue weighted by Crippen LogP contribution is -2.31. The minimum absolute atomic E-state index is 0.175. The van der Waals surface area contributed by atoms with Crippen molar-refractivity contribution in [2.24, 2.45) is 0 Å². The number of allylic oxidation sites excluding steroid dienone is 2. The van der Waals surface area contributed by atoms with Gasteiger partial charge in [-0.1, -0.05) is 48.4 Å². The predicted octanol–water partition coefficient (Wildman–Crippen LogP) is 2.75. The normalized spacial score (nSPS) is 11.3. The van der Waals surface area contributed by atoms with E-state index in [9.17, 15) is 8.42 Å². The molecule has 0 aliphatic heterocycles. The zero-order valence-electron chi connectivity index (χ0n) is 11.8. The summed E-state index contributed by atoms with van der Waals surface area (Å²) in [4.78, 5) is 0.285. The van der Waals surface area contributed by atoms with Crippen LogP contribution in [0.25, 0.3) is 0 Å². The number of aryl methyl sites for hydroxylation is 1. The van der Waals surface area contributed by atoms with Crippen molar-refractivity contribution in [1.82, 2.24) is 4.31 Å². The van der Waals surface area contributed by atoms with Gasteiger partial charge in [0.25, 0.3) is 0 Å². The highest BCUT2D eigenvalue weighted by molar-refractivity contribution is 7.89. The summed E-state index contributed by atoms with van der Waals surface area (Å²) in [5, 5.41) is 0. The smallest absolute Gasteiger partial charge is 0.207 e. The van der Waals surface area contributed by atoms with E-state index in [0.29, 0.717) is 0 Å². The van der Waals surface area contributed by atoms with Crippen LogP contribution in [0.4, 0.5) is 0 Å². The molecule has 0 fully saturated rings. The van der Waals surface area contributed by atoms with Gasteiger partial charge < -0.3 is 0 Å². The van der Waals surface area contributed by atoms with E-state index in [0.717, 1.165) is 5.56 Å².